The largest absolute Gasteiger partial charge is 0.508 e. The molecule has 4 aromatic rings. The van der Waals surface area contributed by atoms with Crippen molar-refractivity contribution in [1.29, 1.82) is 0 Å². The lowest BCUT2D eigenvalue weighted by molar-refractivity contribution is -0.134. The lowest BCUT2D eigenvalue weighted by atomic mass is 9.80. The summed E-state index contributed by atoms with van der Waals surface area (Å²) in [6.07, 6.45) is 9.11. The number of aliphatic hydroxyl groups excluding tert-OH is 1. The third-order valence-corrected chi connectivity index (χ3v) is 7.80. The Morgan fingerprint density at radius 1 is 1.09 bits per heavy atom. The van der Waals surface area contributed by atoms with Gasteiger partial charge in [-0.1, -0.05) is 18.2 Å². The quantitative estimate of drug-likeness (QED) is 0.143. The Balaban J connectivity index is 0.000000184. The van der Waals surface area contributed by atoms with Gasteiger partial charge in [0.2, 0.25) is 5.91 Å². The number of aliphatic carboxylic acids is 2. The van der Waals surface area contributed by atoms with Gasteiger partial charge in [0.1, 0.15) is 5.75 Å². The molecular formula is C33H39N5O7. The molecule has 3 heterocycles. The molecule has 6 rings (SSSR count). The van der Waals surface area contributed by atoms with Crippen LogP contribution in [0, 0.1) is 5.92 Å². The smallest absolute Gasteiger partial charge is 0.328 e. The number of phenolic OH excluding ortho intramolecular Hbond substituents is 1. The van der Waals surface area contributed by atoms with Crippen LogP contribution >= 0.6 is 0 Å². The highest BCUT2D eigenvalue weighted by atomic mass is 16.4. The number of nitrogens with zero attached hydrogens (tertiary/aromatic N) is 1. The Morgan fingerprint density at radius 2 is 1.80 bits per heavy atom. The maximum Gasteiger partial charge on any atom is 0.328 e. The predicted octanol–water partition coefficient (Wildman–Crippen LogP) is 2.62. The van der Waals surface area contributed by atoms with Gasteiger partial charge >= 0.3 is 11.9 Å². The molecule has 0 saturated heterocycles. The molecule has 0 saturated carbocycles. The molecule has 9 N–H and O–H groups in total. The molecule has 0 radical (unpaired) electrons. The molecule has 2 aromatic carbocycles. The van der Waals surface area contributed by atoms with Crippen molar-refractivity contribution in [2.24, 2.45) is 11.7 Å². The van der Waals surface area contributed by atoms with Gasteiger partial charge in [0.25, 0.3) is 0 Å². The first-order valence-corrected chi connectivity index (χ1v) is 14.6. The number of hydrogen-bond acceptors (Lipinski definition) is 7. The molecule has 238 valence electrons. The van der Waals surface area contributed by atoms with Crippen LogP contribution in [0.2, 0.25) is 0 Å². The molecule has 0 fully saturated rings. The van der Waals surface area contributed by atoms with Crippen molar-refractivity contribution < 1.29 is 34.8 Å². The van der Waals surface area contributed by atoms with Gasteiger partial charge in [0, 0.05) is 65.0 Å². The summed E-state index contributed by atoms with van der Waals surface area (Å²) in [6, 6.07) is 11.7. The fourth-order valence-electron chi connectivity index (χ4n) is 5.68. The van der Waals surface area contributed by atoms with Gasteiger partial charge in [0.05, 0.1) is 12.5 Å². The van der Waals surface area contributed by atoms with E-state index < -0.39 is 11.9 Å². The van der Waals surface area contributed by atoms with Crippen LogP contribution in [0.15, 0.2) is 67.0 Å². The third-order valence-electron chi connectivity index (χ3n) is 7.80. The molecule has 1 aliphatic heterocycles. The van der Waals surface area contributed by atoms with Gasteiger partial charge in [-0.05, 0) is 79.9 Å². The molecule has 45 heavy (non-hydrogen) atoms. The molecular weight excluding hydrogens is 578 g/mol. The minimum atomic E-state index is -1.26. The highest BCUT2D eigenvalue weighted by Crippen LogP contribution is 2.40. The predicted molar refractivity (Wildman–Crippen MR) is 172 cm³/mol. The zero-order valence-electron chi connectivity index (χ0n) is 25.2. The van der Waals surface area contributed by atoms with Gasteiger partial charge in [-0.25, -0.2) is 9.59 Å². The topological polar surface area (TPSA) is 205 Å². The Morgan fingerprint density at radius 3 is 2.47 bits per heavy atom. The van der Waals surface area contributed by atoms with Crippen molar-refractivity contribution in [1.82, 2.24) is 20.2 Å². The van der Waals surface area contributed by atoms with E-state index in [1.807, 2.05) is 19.2 Å². The number of nitrogens with two attached hydrogens (primary N) is 1. The van der Waals surface area contributed by atoms with Gasteiger partial charge in [-0.3, -0.25) is 9.69 Å². The number of carboxylic acid groups (broad SMARTS) is 2. The van der Waals surface area contributed by atoms with Crippen LogP contribution < -0.4 is 11.1 Å². The van der Waals surface area contributed by atoms with Crippen LogP contribution in [0.3, 0.4) is 0 Å². The number of fused-ring (bicyclic) bond motifs is 3. The second-order valence-corrected chi connectivity index (χ2v) is 11.1. The van der Waals surface area contributed by atoms with E-state index in [1.165, 1.54) is 22.1 Å². The van der Waals surface area contributed by atoms with Crippen LogP contribution in [-0.2, 0) is 27.2 Å². The summed E-state index contributed by atoms with van der Waals surface area (Å²) >= 11 is 0. The van der Waals surface area contributed by atoms with Gasteiger partial charge in [-0.15, -0.1) is 0 Å². The summed E-state index contributed by atoms with van der Waals surface area (Å²) in [5.74, 6) is -2.42. The Labute approximate surface area is 259 Å². The van der Waals surface area contributed by atoms with Crippen molar-refractivity contribution in [3.63, 3.8) is 0 Å². The van der Waals surface area contributed by atoms with Crippen LogP contribution in [0.4, 0.5) is 0 Å². The molecule has 1 aliphatic carbocycles. The average molecular weight is 618 g/mol. The SMILES string of the molecule is C[C@@H](CO)NC(=O)[C@@H]1C=C2c3cccc4[nH]cc(c34)C[C@H]2N(C)C1.NCCc1c[nH]c2ccc(O)cc12.O=C(O)/C=C\C(=O)O. The summed E-state index contributed by atoms with van der Waals surface area (Å²) in [7, 11) is 2.09. The number of aromatic hydroxyl groups is 1. The first kappa shape index (κ1) is 33.0. The molecule has 2 aromatic heterocycles. The maximum atomic E-state index is 12.5. The number of H-pyrrole nitrogens is 2. The Bertz CT molecular complexity index is 1720. The number of aliphatic hydroxyl groups is 1. The maximum absolute atomic E-state index is 12.5. The van der Waals surface area contributed by atoms with Crippen LogP contribution in [0.5, 0.6) is 5.75 Å². The number of hydrogen-bond donors (Lipinski definition) is 8. The minimum Gasteiger partial charge on any atom is -0.508 e. The number of amides is 1. The van der Waals surface area contributed by atoms with E-state index in [2.05, 4.69) is 57.7 Å². The highest BCUT2D eigenvalue weighted by molar-refractivity contribution is 5.99. The van der Waals surface area contributed by atoms with Gasteiger partial charge < -0.3 is 41.4 Å². The Hall–Kier alpha value is -4.91. The third kappa shape index (κ3) is 7.98. The van der Waals surface area contributed by atoms with Crippen molar-refractivity contribution in [2.75, 3.05) is 26.7 Å². The van der Waals surface area contributed by atoms with E-state index in [1.54, 1.807) is 12.1 Å². The number of carbonyl (C=O) groups excluding carboxylic acids is 1. The summed E-state index contributed by atoms with van der Waals surface area (Å²) in [6.45, 7) is 3.10. The second-order valence-electron chi connectivity index (χ2n) is 11.1. The number of nitrogens with one attached hydrogen (secondary N) is 3. The van der Waals surface area contributed by atoms with E-state index in [-0.39, 0.29) is 24.5 Å². The fourth-order valence-corrected chi connectivity index (χ4v) is 5.68. The molecule has 0 spiro atoms. The molecule has 0 unspecified atom stereocenters. The number of carbonyl (C=O) groups is 3. The Kier molecular flexibility index (Phi) is 10.8. The van der Waals surface area contributed by atoms with Crippen molar-refractivity contribution in [3.8, 4) is 5.75 Å². The highest BCUT2D eigenvalue weighted by Gasteiger charge is 2.35. The molecule has 3 atom stereocenters. The second kappa shape index (κ2) is 14.7. The molecule has 1 amide bonds. The lowest BCUT2D eigenvalue weighted by Crippen LogP contribution is -2.48. The van der Waals surface area contributed by atoms with Gasteiger partial charge in [0.15, 0.2) is 0 Å². The number of phenols is 1. The van der Waals surface area contributed by atoms with Crippen molar-refractivity contribution >= 4 is 45.2 Å². The summed E-state index contributed by atoms with van der Waals surface area (Å²) in [5, 5.41) is 39.3. The van der Waals surface area contributed by atoms with Crippen molar-refractivity contribution in [3.05, 3.63) is 83.7 Å². The number of aromatic amines is 2. The average Bonchev–Trinajstić information content (AvgIpc) is 3.62. The first-order valence-electron chi connectivity index (χ1n) is 14.6. The van der Waals surface area contributed by atoms with Crippen LogP contribution in [-0.4, -0.2) is 92.0 Å². The van der Waals surface area contributed by atoms with Crippen molar-refractivity contribution in [2.45, 2.75) is 31.8 Å². The van der Waals surface area contributed by atoms with E-state index in [9.17, 15) is 19.5 Å². The number of benzene rings is 2. The molecule has 12 nitrogen and oxygen atoms in total. The molecule has 0 bridgehead atoms. The monoisotopic (exact) mass is 617 g/mol. The molecule has 12 heteroatoms. The number of carboxylic acids is 2. The lowest BCUT2D eigenvalue weighted by Gasteiger charge is -2.39. The van der Waals surface area contributed by atoms with E-state index in [0.717, 1.165) is 34.8 Å². The number of rotatable bonds is 7. The number of likely N-dealkylation sites (N-methyl/N-ethyl adjacent to an activating group) is 1. The van der Waals surface area contributed by atoms with E-state index in [4.69, 9.17) is 21.1 Å². The fraction of sp³-hybridized carbons (Fsp3) is 0.303. The van der Waals surface area contributed by atoms with Gasteiger partial charge in [-0.2, -0.15) is 0 Å². The molecule has 2 aliphatic rings. The summed E-state index contributed by atoms with van der Waals surface area (Å²) in [4.78, 5) is 40.4. The number of aromatic nitrogens is 2. The summed E-state index contributed by atoms with van der Waals surface area (Å²) < 4.78 is 0. The normalized spacial score (nSPS) is 17.8. The van der Waals surface area contributed by atoms with E-state index >= 15 is 0 Å². The van der Waals surface area contributed by atoms with Crippen LogP contribution in [0.1, 0.15) is 23.6 Å². The zero-order chi connectivity index (χ0) is 32.7. The summed E-state index contributed by atoms with van der Waals surface area (Å²) in [5.41, 5.74) is 12.7. The first-order chi connectivity index (χ1) is 21.5. The van der Waals surface area contributed by atoms with E-state index in [0.29, 0.717) is 37.0 Å². The standard InChI is InChI=1S/C19H23N3O2.C10H12N2O.C4H4O4/c1-11(10-23)21-19(24)13-6-15-14-4-3-5-16-18(14)12(8-20-16)7-17(15)22(2)9-13;11-4-3-7-6-12-10-2-1-8(13)5-9(7)10;5-3(6)1-2-4(7)8/h3-6,8,11,13,17,20,23H,7,9-10H2,1-2H3,(H,21,24);1-2,5-6,12-13H,3-4,11H2;1-2H,(H,5,6)(H,7,8)/b;;2-1-/t11-,13+,17+;;/m0../s1. The van der Waals surface area contributed by atoms with Crippen LogP contribution in [0.25, 0.3) is 27.4 Å². The zero-order valence-corrected chi connectivity index (χ0v) is 25.2. The minimum absolute atomic E-state index is 0.0126.